The molecule has 14 heavy (non-hydrogen) atoms. The molecule has 0 aliphatic rings. The van der Waals surface area contributed by atoms with E-state index in [0.717, 1.165) is 17.5 Å². The van der Waals surface area contributed by atoms with Crippen LogP contribution >= 0.6 is 0 Å². The van der Waals surface area contributed by atoms with Crippen LogP contribution in [-0.4, -0.2) is 0 Å². The zero-order valence-corrected chi connectivity index (χ0v) is 8.72. The molecule has 0 aliphatic carbocycles. The summed E-state index contributed by atoms with van der Waals surface area (Å²) in [5, 5.41) is 0. The van der Waals surface area contributed by atoms with Crippen molar-refractivity contribution in [2.45, 2.75) is 26.2 Å². The molecule has 0 aromatic heterocycles. The van der Waals surface area contributed by atoms with Gasteiger partial charge in [0.2, 0.25) is 0 Å². The molecule has 0 unspecified atom stereocenters. The topological polar surface area (TPSA) is 0 Å². The second-order valence-corrected chi connectivity index (χ2v) is 3.23. The van der Waals surface area contributed by atoms with Gasteiger partial charge in [0.05, 0.1) is 0 Å². The molecule has 0 amide bonds. The van der Waals surface area contributed by atoms with E-state index >= 15 is 0 Å². The second kappa shape index (κ2) is 6.05. The number of rotatable bonds is 3. The van der Waals surface area contributed by atoms with Gasteiger partial charge in [-0.05, 0) is 24.1 Å². The monoisotopic (exact) mass is 184 g/mol. The molecule has 0 N–H and O–H groups in total. The molecule has 1 aromatic carbocycles. The van der Waals surface area contributed by atoms with Crippen molar-refractivity contribution in [3.8, 4) is 11.8 Å². The zero-order valence-electron chi connectivity index (χ0n) is 8.72. The van der Waals surface area contributed by atoms with Gasteiger partial charge < -0.3 is 0 Å². The van der Waals surface area contributed by atoms with Gasteiger partial charge >= 0.3 is 0 Å². The lowest BCUT2D eigenvalue weighted by atomic mass is 10.1. The third kappa shape index (κ3) is 3.49. The van der Waals surface area contributed by atoms with Crippen molar-refractivity contribution in [1.82, 2.24) is 0 Å². The minimum absolute atomic E-state index is 1.000. The highest BCUT2D eigenvalue weighted by molar-refractivity contribution is 5.49. The molecule has 0 radical (unpaired) electrons. The number of unbranched alkanes of at least 4 members (excludes halogenated alkanes) is 2. The summed E-state index contributed by atoms with van der Waals surface area (Å²) in [4.78, 5) is 0. The number of hydrogen-bond acceptors (Lipinski definition) is 0. The van der Waals surface area contributed by atoms with Gasteiger partial charge in [-0.3, -0.25) is 0 Å². The summed E-state index contributed by atoms with van der Waals surface area (Å²) in [6.07, 6.45) is 5.25. The average Bonchev–Trinajstić information content (AvgIpc) is 2.25. The third-order valence-electron chi connectivity index (χ3n) is 2.03. The fraction of sp³-hybridized carbons (Fsp3) is 0.286. The van der Waals surface area contributed by atoms with Crippen LogP contribution in [0.5, 0.6) is 0 Å². The Hall–Kier alpha value is -1.48. The van der Waals surface area contributed by atoms with E-state index in [1.54, 1.807) is 0 Å². The Kier molecular flexibility index (Phi) is 4.58. The molecular formula is C14H16. The van der Waals surface area contributed by atoms with Crippen LogP contribution < -0.4 is 0 Å². The fourth-order valence-corrected chi connectivity index (χ4v) is 1.13. The predicted molar refractivity (Wildman–Crippen MR) is 62.9 cm³/mol. The van der Waals surface area contributed by atoms with Crippen molar-refractivity contribution < 1.29 is 0 Å². The third-order valence-corrected chi connectivity index (χ3v) is 2.03. The molecule has 0 nitrogen and oxygen atoms in total. The van der Waals surface area contributed by atoms with Gasteiger partial charge in [0, 0.05) is 12.0 Å². The molecule has 1 rings (SSSR count). The van der Waals surface area contributed by atoms with Crippen molar-refractivity contribution in [1.29, 1.82) is 0 Å². The van der Waals surface area contributed by atoms with Crippen molar-refractivity contribution in [2.24, 2.45) is 0 Å². The molecule has 0 aliphatic heterocycles. The smallest absolute Gasteiger partial charge is 0.0245 e. The van der Waals surface area contributed by atoms with Gasteiger partial charge in [0.1, 0.15) is 0 Å². The molecule has 0 bridgehead atoms. The van der Waals surface area contributed by atoms with Crippen LogP contribution in [0.25, 0.3) is 6.08 Å². The molecule has 0 saturated carbocycles. The summed E-state index contributed by atoms with van der Waals surface area (Å²) in [6.45, 7) is 5.89. The first-order valence-corrected chi connectivity index (χ1v) is 5.08. The molecule has 0 heteroatoms. The van der Waals surface area contributed by atoms with Crippen LogP contribution in [0.4, 0.5) is 0 Å². The Morgan fingerprint density at radius 3 is 2.57 bits per heavy atom. The van der Waals surface area contributed by atoms with E-state index in [1.165, 1.54) is 12.8 Å². The lowest BCUT2D eigenvalue weighted by molar-refractivity contribution is 0.828. The SMILES string of the molecule is C=Cc1ccc(C#CCCCC)cc1. The van der Waals surface area contributed by atoms with Crippen molar-refractivity contribution in [3.05, 3.63) is 42.0 Å². The standard InChI is InChI=1S/C14H16/c1-3-5-6-7-8-14-11-9-13(4-2)10-12-14/h4,9-12H,2-3,5-6H2,1H3. The Morgan fingerprint density at radius 2 is 2.00 bits per heavy atom. The Bertz CT molecular complexity index is 333. The van der Waals surface area contributed by atoms with Gasteiger partial charge in [-0.1, -0.05) is 50.0 Å². The van der Waals surface area contributed by atoms with Crippen LogP contribution in [0, 0.1) is 11.8 Å². The molecule has 0 heterocycles. The average molecular weight is 184 g/mol. The lowest BCUT2D eigenvalue weighted by Crippen LogP contribution is -1.75. The maximum absolute atomic E-state index is 3.71. The summed E-state index contributed by atoms with van der Waals surface area (Å²) >= 11 is 0. The predicted octanol–water partition coefficient (Wildman–Crippen LogP) is 3.87. The number of benzene rings is 1. The molecule has 0 saturated heterocycles. The van der Waals surface area contributed by atoms with Crippen LogP contribution in [0.3, 0.4) is 0 Å². The van der Waals surface area contributed by atoms with Gasteiger partial charge in [-0.15, -0.1) is 0 Å². The lowest BCUT2D eigenvalue weighted by Gasteiger charge is -1.92. The van der Waals surface area contributed by atoms with Crippen molar-refractivity contribution in [2.75, 3.05) is 0 Å². The molecule has 0 atom stereocenters. The van der Waals surface area contributed by atoms with Gasteiger partial charge in [-0.25, -0.2) is 0 Å². The maximum atomic E-state index is 3.71. The molecule has 1 aromatic rings. The minimum atomic E-state index is 1.000. The Morgan fingerprint density at radius 1 is 1.29 bits per heavy atom. The first-order valence-electron chi connectivity index (χ1n) is 5.08. The molecular weight excluding hydrogens is 168 g/mol. The van der Waals surface area contributed by atoms with Crippen LogP contribution in [-0.2, 0) is 0 Å². The molecule has 0 fully saturated rings. The van der Waals surface area contributed by atoms with E-state index in [9.17, 15) is 0 Å². The second-order valence-electron chi connectivity index (χ2n) is 3.23. The summed E-state index contributed by atoms with van der Waals surface area (Å²) < 4.78 is 0. The van der Waals surface area contributed by atoms with E-state index in [-0.39, 0.29) is 0 Å². The molecule has 0 spiro atoms. The Balaban J connectivity index is 2.57. The van der Waals surface area contributed by atoms with Gasteiger partial charge in [-0.2, -0.15) is 0 Å². The first kappa shape index (κ1) is 10.6. The molecule has 72 valence electrons. The van der Waals surface area contributed by atoms with Crippen molar-refractivity contribution in [3.63, 3.8) is 0 Å². The highest BCUT2D eigenvalue weighted by Crippen LogP contribution is 2.04. The van der Waals surface area contributed by atoms with Gasteiger partial charge in [0.25, 0.3) is 0 Å². The van der Waals surface area contributed by atoms with Crippen LogP contribution in [0.1, 0.15) is 37.3 Å². The summed E-state index contributed by atoms with van der Waals surface area (Å²) in [6, 6.07) is 8.15. The quantitative estimate of drug-likeness (QED) is 0.494. The maximum Gasteiger partial charge on any atom is 0.0245 e. The first-order chi connectivity index (χ1) is 6.86. The number of hydrogen-bond donors (Lipinski definition) is 0. The van der Waals surface area contributed by atoms with E-state index in [0.29, 0.717) is 0 Å². The summed E-state index contributed by atoms with van der Waals surface area (Å²) in [7, 11) is 0. The van der Waals surface area contributed by atoms with Crippen LogP contribution in [0.2, 0.25) is 0 Å². The minimum Gasteiger partial charge on any atom is -0.0985 e. The van der Waals surface area contributed by atoms with E-state index in [2.05, 4.69) is 25.3 Å². The normalized spacial score (nSPS) is 8.93. The van der Waals surface area contributed by atoms with E-state index in [4.69, 9.17) is 0 Å². The fourth-order valence-electron chi connectivity index (χ4n) is 1.13. The summed E-state index contributed by atoms with van der Waals surface area (Å²) in [5.41, 5.74) is 2.23. The highest BCUT2D eigenvalue weighted by atomic mass is 13.9. The largest absolute Gasteiger partial charge is 0.0985 e. The van der Waals surface area contributed by atoms with Gasteiger partial charge in [0.15, 0.2) is 0 Å². The van der Waals surface area contributed by atoms with Crippen LogP contribution in [0.15, 0.2) is 30.8 Å². The van der Waals surface area contributed by atoms with E-state index in [1.807, 2.05) is 30.3 Å². The van der Waals surface area contributed by atoms with Crippen molar-refractivity contribution >= 4 is 6.08 Å². The van der Waals surface area contributed by atoms with E-state index < -0.39 is 0 Å². The highest BCUT2D eigenvalue weighted by Gasteiger charge is 1.86. The zero-order chi connectivity index (χ0) is 10.2. The summed E-state index contributed by atoms with van der Waals surface area (Å²) in [5.74, 6) is 6.31. The Labute approximate surface area is 86.7 Å².